The van der Waals surface area contributed by atoms with Gasteiger partial charge in [0, 0.05) is 64.1 Å². The van der Waals surface area contributed by atoms with Crippen LogP contribution in [0.5, 0.6) is 0 Å². The Labute approximate surface area is 192 Å². The average Bonchev–Trinajstić information content (AvgIpc) is 3.36. The topological polar surface area (TPSA) is 112 Å². The summed E-state index contributed by atoms with van der Waals surface area (Å²) in [5.74, 6) is 2.03. The Morgan fingerprint density at radius 1 is 1.06 bits per heavy atom. The van der Waals surface area contributed by atoms with Gasteiger partial charge in [-0.3, -0.25) is 9.79 Å². The lowest BCUT2D eigenvalue weighted by Gasteiger charge is -2.34. The van der Waals surface area contributed by atoms with Gasteiger partial charge in [-0.15, -0.1) is 0 Å². The SMILES string of the molecule is CN=C(NCCC(=O)N1CCN(c2ncccn2)CC1)NCc1coc(-c2ccccc2)n1. The van der Waals surface area contributed by atoms with Crippen LogP contribution in [0.2, 0.25) is 0 Å². The molecule has 3 heterocycles. The molecule has 10 heteroatoms. The summed E-state index contributed by atoms with van der Waals surface area (Å²) in [4.78, 5) is 33.8. The smallest absolute Gasteiger partial charge is 0.226 e. The van der Waals surface area contributed by atoms with Gasteiger partial charge in [0.1, 0.15) is 6.26 Å². The molecular weight excluding hydrogens is 420 g/mol. The predicted molar refractivity (Wildman–Crippen MR) is 126 cm³/mol. The second-order valence-corrected chi connectivity index (χ2v) is 7.53. The van der Waals surface area contributed by atoms with Crippen molar-refractivity contribution < 1.29 is 9.21 Å². The molecule has 4 rings (SSSR count). The summed E-state index contributed by atoms with van der Waals surface area (Å²) < 4.78 is 5.56. The second-order valence-electron chi connectivity index (χ2n) is 7.53. The van der Waals surface area contributed by atoms with Crippen molar-refractivity contribution in [2.24, 2.45) is 4.99 Å². The van der Waals surface area contributed by atoms with E-state index < -0.39 is 0 Å². The first-order valence-electron chi connectivity index (χ1n) is 11.0. The van der Waals surface area contributed by atoms with Crippen molar-refractivity contribution in [3.63, 3.8) is 0 Å². The van der Waals surface area contributed by atoms with E-state index >= 15 is 0 Å². The summed E-state index contributed by atoms with van der Waals surface area (Å²) in [7, 11) is 1.69. The van der Waals surface area contributed by atoms with E-state index in [0.717, 1.165) is 24.3 Å². The molecule has 0 aliphatic carbocycles. The van der Waals surface area contributed by atoms with E-state index in [9.17, 15) is 4.79 Å². The maximum Gasteiger partial charge on any atom is 0.226 e. The van der Waals surface area contributed by atoms with E-state index in [1.165, 1.54) is 0 Å². The number of amides is 1. The van der Waals surface area contributed by atoms with Crippen molar-refractivity contribution in [1.82, 2.24) is 30.5 Å². The van der Waals surface area contributed by atoms with E-state index in [0.29, 0.717) is 50.4 Å². The summed E-state index contributed by atoms with van der Waals surface area (Å²) in [6, 6.07) is 11.6. The number of aromatic nitrogens is 3. The molecule has 1 fully saturated rings. The lowest BCUT2D eigenvalue weighted by Crippen LogP contribution is -2.50. The largest absolute Gasteiger partial charge is 0.444 e. The Hall–Kier alpha value is -3.95. The third kappa shape index (κ3) is 6.06. The molecule has 1 aliphatic heterocycles. The number of carbonyl (C=O) groups is 1. The molecule has 0 unspecified atom stereocenters. The standard InChI is InChI=1S/C23H28N8O2/c1-24-22(28-16-19-17-33-21(29-19)18-6-3-2-4-7-18)25-11-8-20(32)30-12-14-31(15-13-30)23-26-9-5-10-27-23/h2-7,9-10,17H,8,11-16H2,1H3,(H2,24,25,28). The van der Waals surface area contributed by atoms with Crippen molar-refractivity contribution in [3.05, 3.63) is 60.7 Å². The highest BCUT2D eigenvalue weighted by molar-refractivity contribution is 5.81. The second kappa shape index (κ2) is 11.1. The number of anilines is 1. The first kappa shape index (κ1) is 22.3. The number of oxazole rings is 1. The summed E-state index contributed by atoms with van der Waals surface area (Å²) in [5, 5.41) is 6.38. The van der Waals surface area contributed by atoms with E-state index in [1.807, 2.05) is 35.2 Å². The average molecular weight is 449 g/mol. The molecule has 1 aromatic carbocycles. The molecule has 0 radical (unpaired) electrons. The van der Waals surface area contributed by atoms with Crippen LogP contribution in [0.1, 0.15) is 12.1 Å². The number of rotatable bonds is 7. The molecule has 1 saturated heterocycles. The zero-order valence-electron chi connectivity index (χ0n) is 18.6. The molecular formula is C23H28N8O2. The molecule has 0 bridgehead atoms. The highest BCUT2D eigenvalue weighted by atomic mass is 16.3. The molecule has 0 spiro atoms. The van der Waals surface area contributed by atoms with Gasteiger partial charge in [-0.25, -0.2) is 15.0 Å². The minimum Gasteiger partial charge on any atom is -0.444 e. The number of nitrogens with zero attached hydrogens (tertiary/aromatic N) is 6. The number of carbonyl (C=O) groups excluding carboxylic acids is 1. The fourth-order valence-electron chi connectivity index (χ4n) is 3.55. The number of hydrogen-bond donors (Lipinski definition) is 2. The molecule has 2 N–H and O–H groups in total. The number of piperazine rings is 1. The van der Waals surface area contributed by atoms with Gasteiger partial charge in [0.25, 0.3) is 0 Å². The maximum absolute atomic E-state index is 12.6. The Morgan fingerprint density at radius 2 is 1.82 bits per heavy atom. The molecule has 1 aliphatic rings. The van der Waals surface area contributed by atoms with Crippen LogP contribution in [0.3, 0.4) is 0 Å². The van der Waals surface area contributed by atoms with Crippen LogP contribution >= 0.6 is 0 Å². The van der Waals surface area contributed by atoms with Gasteiger partial charge in [0.2, 0.25) is 17.7 Å². The molecule has 2 aromatic heterocycles. The first-order chi connectivity index (χ1) is 16.2. The Bertz CT molecular complexity index is 1050. The zero-order valence-corrected chi connectivity index (χ0v) is 18.6. The normalized spacial score (nSPS) is 14.3. The van der Waals surface area contributed by atoms with Crippen LogP contribution in [0, 0.1) is 0 Å². The van der Waals surface area contributed by atoms with Crippen molar-refractivity contribution in [2.75, 3.05) is 44.7 Å². The molecule has 3 aromatic rings. The van der Waals surface area contributed by atoms with Gasteiger partial charge in [-0.05, 0) is 18.2 Å². The first-order valence-corrected chi connectivity index (χ1v) is 11.0. The van der Waals surface area contributed by atoms with Crippen LogP contribution < -0.4 is 15.5 Å². The number of guanidine groups is 1. The van der Waals surface area contributed by atoms with Gasteiger partial charge in [-0.1, -0.05) is 18.2 Å². The van der Waals surface area contributed by atoms with E-state index in [2.05, 4.69) is 35.5 Å². The van der Waals surface area contributed by atoms with Crippen molar-refractivity contribution in [3.8, 4) is 11.5 Å². The molecule has 0 atom stereocenters. The summed E-state index contributed by atoms with van der Waals surface area (Å²) >= 11 is 0. The number of aliphatic imine (C=N–C) groups is 1. The fourth-order valence-corrected chi connectivity index (χ4v) is 3.55. The van der Waals surface area contributed by atoms with Gasteiger partial charge in [0.05, 0.1) is 12.2 Å². The highest BCUT2D eigenvalue weighted by Crippen LogP contribution is 2.17. The van der Waals surface area contributed by atoms with E-state index in [1.54, 1.807) is 31.8 Å². The van der Waals surface area contributed by atoms with Crippen LogP contribution in [-0.4, -0.2) is 71.5 Å². The van der Waals surface area contributed by atoms with Crippen molar-refractivity contribution in [1.29, 1.82) is 0 Å². The fraction of sp³-hybridized carbons (Fsp3) is 0.348. The molecule has 1 amide bonds. The van der Waals surface area contributed by atoms with Gasteiger partial charge in [-0.2, -0.15) is 0 Å². The van der Waals surface area contributed by atoms with Crippen LogP contribution in [0.15, 0.2) is 64.5 Å². The Morgan fingerprint density at radius 3 is 2.55 bits per heavy atom. The predicted octanol–water partition coefficient (Wildman–Crippen LogP) is 1.54. The molecule has 172 valence electrons. The minimum atomic E-state index is 0.121. The minimum absolute atomic E-state index is 0.121. The highest BCUT2D eigenvalue weighted by Gasteiger charge is 2.22. The third-order valence-electron chi connectivity index (χ3n) is 5.33. The van der Waals surface area contributed by atoms with E-state index in [4.69, 9.17) is 4.42 Å². The number of hydrogen-bond acceptors (Lipinski definition) is 7. The van der Waals surface area contributed by atoms with Crippen molar-refractivity contribution in [2.45, 2.75) is 13.0 Å². The lowest BCUT2D eigenvalue weighted by molar-refractivity contribution is -0.131. The quantitative estimate of drug-likeness (QED) is 0.414. The lowest BCUT2D eigenvalue weighted by atomic mass is 10.2. The van der Waals surface area contributed by atoms with E-state index in [-0.39, 0.29) is 5.91 Å². The molecule has 10 nitrogen and oxygen atoms in total. The summed E-state index contributed by atoms with van der Waals surface area (Å²) in [6.07, 6.45) is 5.49. The third-order valence-corrected chi connectivity index (χ3v) is 5.33. The van der Waals surface area contributed by atoms with Crippen molar-refractivity contribution >= 4 is 17.8 Å². The zero-order chi connectivity index (χ0) is 22.9. The number of benzene rings is 1. The maximum atomic E-state index is 12.6. The van der Waals surface area contributed by atoms with Crippen LogP contribution in [-0.2, 0) is 11.3 Å². The Kier molecular flexibility index (Phi) is 7.47. The number of nitrogens with one attached hydrogen (secondary N) is 2. The Balaban J connectivity index is 1.17. The van der Waals surface area contributed by atoms with Crippen LogP contribution in [0.4, 0.5) is 5.95 Å². The van der Waals surface area contributed by atoms with Gasteiger partial charge < -0.3 is 24.9 Å². The molecule has 33 heavy (non-hydrogen) atoms. The van der Waals surface area contributed by atoms with Crippen LogP contribution in [0.25, 0.3) is 11.5 Å². The molecule has 0 saturated carbocycles. The van der Waals surface area contributed by atoms with Gasteiger partial charge in [0.15, 0.2) is 5.96 Å². The van der Waals surface area contributed by atoms with Gasteiger partial charge >= 0.3 is 0 Å². The monoisotopic (exact) mass is 448 g/mol. The summed E-state index contributed by atoms with van der Waals surface area (Å²) in [5.41, 5.74) is 1.70. The summed E-state index contributed by atoms with van der Waals surface area (Å²) in [6.45, 7) is 3.76.